The lowest BCUT2D eigenvalue weighted by Crippen LogP contribution is -2.56. The van der Waals surface area contributed by atoms with Gasteiger partial charge in [0.2, 0.25) is 5.43 Å². The molecule has 3 atom stereocenters. The second kappa shape index (κ2) is 9.35. The number of ether oxygens (including phenoxy) is 1. The van der Waals surface area contributed by atoms with Crippen LogP contribution in [0, 0.1) is 18.6 Å². The van der Waals surface area contributed by atoms with E-state index in [4.69, 9.17) is 4.74 Å². The Hall–Kier alpha value is -2.96. The van der Waals surface area contributed by atoms with Crippen LogP contribution >= 0.6 is 0 Å². The Morgan fingerprint density at radius 1 is 1.24 bits per heavy atom. The third-order valence-corrected chi connectivity index (χ3v) is 6.27. The standard InChI is InChI=1S/C22H23F4N3O5/c1-10-13(23)3-2-11(17(10)26)6-27-21(32)12-7-28-14-4-5-34-9-15(14)29(8-16(24)25)22(33)18(28)20(31)19(12)30/h2-3,7,14-16,21,27,31-32H,4-6,8-9H2,1H3/t14-,15+,21?/m0/s1. The molecule has 2 aliphatic heterocycles. The number of aliphatic hydroxyl groups excluding tert-OH is 1. The van der Waals surface area contributed by atoms with Gasteiger partial charge in [-0.15, -0.1) is 0 Å². The Kier molecular flexibility index (Phi) is 6.65. The van der Waals surface area contributed by atoms with Gasteiger partial charge in [0.1, 0.15) is 17.9 Å². The summed E-state index contributed by atoms with van der Waals surface area (Å²) in [7, 11) is 0. The lowest BCUT2D eigenvalue weighted by atomic mass is 9.95. The number of rotatable bonds is 6. The van der Waals surface area contributed by atoms with E-state index in [0.29, 0.717) is 6.42 Å². The Morgan fingerprint density at radius 3 is 2.68 bits per heavy atom. The molecule has 2 aliphatic rings. The number of fused-ring (bicyclic) bond motifs is 3. The van der Waals surface area contributed by atoms with Crippen molar-refractivity contribution in [3.8, 4) is 5.75 Å². The fraction of sp³-hybridized carbons (Fsp3) is 0.455. The van der Waals surface area contributed by atoms with Crippen LogP contribution in [0.1, 0.15) is 45.9 Å². The number of aliphatic hydroxyl groups is 1. The minimum atomic E-state index is -2.83. The summed E-state index contributed by atoms with van der Waals surface area (Å²) in [5.41, 5.74) is -1.98. The minimum Gasteiger partial charge on any atom is -0.503 e. The van der Waals surface area contributed by atoms with Gasteiger partial charge >= 0.3 is 0 Å². The van der Waals surface area contributed by atoms with Crippen molar-refractivity contribution in [3.05, 3.63) is 62.6 Å². The number of hydrogen-bond acceptors (Lipinski definition) is 6. The van der Waals surface area contributed by atoms with Gasteiger partial charge in [0.25, 0.3) is 12.3 Å². The molecule has 1 fully saturated rings. The van der Waals surface area contributed by atoms with Crippen LogP contribution in [0.5, 0.6) is 5.75 Å². The summed E-state index contributed by atoms with van der Waals surface area (Å²) in [5.74, 6) is -3.45. The van der Waals surface area contributed by atoms with E-state index in [1.807, 2.05) is 0 Å². The molecule has 0 spiro atoms. The number of nitrogens with zero attached hydrogens (tertiary/aromatic N) is 2. The fourth-order valence-corrected chi connectivity index (χ4v) is 4.47. The number of carbonyl (C=O) groups excluding carboxylic acids is 1. The average Bonchev–Trinajstić information content (AvgIpc) is 2.81. The lowest BCUT2D eigenvalue weighted by molar-refractivity contribution is -0.0341. The highest BCUT2D eigenvalue weighted by Gasteiger charge is 2.44. The van der Waals surface area contributed by atoms with Crippen LogP contribution < -0.4 is 10.7 Å². The third-order valence-electron chi connectivity index (χ3n) is 6.27. The first-order valence-corrected chi connectivity index (χ1v) is 10.6. The van der Waals surface area contributed by atoms with E-state index in [2.05, 4.69) is 5.32 Å². The van der Waals surface area contributed by atoms with Gasteiger partial charge in [0, 0.05) is 30.5 Å². The largest absolute Gasteiger partial charge is 0.503 e. The van der Waals surface area contributed by atoms with E-state index >= 15 is 0 Å². The first-order chi connectivity index (χ1) is 16.1. The highest BCUT2D eigenvalue weighted by Crippen LogP contribution is 2.36. The number of nitrogens with one attached hydrogen (secondary N) is 1. The lowest BCUT2D eigenvalue weighted by Gasteiger charge is -2.45. The predicted octanol–water partition coefficient (Wildman–Crippen LogP) is 1.97. The van der Waals surface area contributed by atoms with Gasteiger partial charge < -0.3 is 24.4 Å². The summed E-state index contributed by atoms with van der Waals surface area (Å²) in [6, 6.07) is 0.940. The molecular formula is C22H23F4N3O5. The number of pyridine rings is 1. The van der Waals surface area contributed by atoms with Gasteiger partial charge in [-0.25, -0.2) is 17.6 Å². The van der Waals surface area contributed by atoms with Crippen molar-refractivity contribution < 1.29 is 37.3 Å². The fourth-order valence-electron chi connectivity index (χ4n) is 4.47. The van der Waals surface area contributed by atoms with Gasteiger partial charge in [-0.05, 0) is 19.4 Å². The van der Waals surface area contributed by atoms with Crippen molar-refractivity contribution in [2.75, 3.05) is 19.8 Å². The van der Waals surface area contributed by atoms with E-state index in [1.54, 1.807) is 0 Å². The van der Waals surface area contributed by atoms with E-state index in [1.165, 1.54) is 23.8 Å². The molecule has 1 unspecified atom stereocenters. The number of carbonyl (C=O) groups is 1. The molecule has 12 heteroatoms. The molecule has 3 N–H and O–H groups in total. The average molecular weight is 485 g/mol. The number of amides is 1. The van der Waals surface area contributed by atoms with Crippen LogP contribution in [0.3, 0.4) is 0 Å². The monoisotopic (exact) mass is 485 g/mol. The molecule has 34 heavy (non-hydrogen) atoms. The van der Waals surface area contributed by atoms with E-state index in [9.17, 15) is 37.4 Å². The van der Waals surface area contributed by atoms with Crippen LogP contribution in [-0.2, 0) is 11.3 Å². The molecule has 1 aromatic carbocycles. The van der Waals surface area contributed by atoms with Gasteiger partial charge in [0.15, 0.2) is 11.4 Å². The molecular weight excluding hydrogens is 462 g/mol. The van der Waals surface area contributed by atoms with E-state index < -0.39 is 65.7 Å². The first-order valence-electron chi connectivity index (χ1n) is 10.6. The first kappa shape index (κ1) is 24.2. The Labute approximate surface area is 191 Å². The molecule has 0 radical (unpaired) electrons. The zero-order valence-corrected chi connectivity index (χ0v) is 18.1. The third kappa shape index (κ3) is 4.17. The summed E-state index contributed by atoms with van der Waals surface area (Å²) >= 11 is 0. The predicted molar refractivity (Wildman–Crippen MR) is 111 cm³/mol. The number of aromatic nitrogens is 1. The number of hydrogen-bond donors (Lipinski definition) is 3. The zero-order chi connectivity index (χ0) is 24.7. The number of alkyl halides is 2. The van der Waals surface area contributed by atoms with Crippen molar-refractivity contribution in [2.24, 2.45) is 0 Å². The van der Waals surface area contributed by atoms with Crippen LogP contribution in [0.2, 0.25) is 0 Å². The van der Waals surface area contributed by atoms with Crippen LogP contribution in [0.4, 0.5) is 17.6 Å². The molecule has 0 aliphatic carbocycles. The summed E-state index contributed by atoms with van der Waals surface area (Å²) < 4.78 is 60.7. The molecule has 1 amide bonds. The maximum Gasteiger partial charge on any atom is 0.275 e. The minimum absolute atomic E-state index is 0.00517. The number of halogens is 4. The second-order valence-corrected chi connectivity index (χ2v) is 8.29. The maximum atomic E-state index is 14.3. The second-order valence-electron chi connectivity index (χ2n) is 8.29. The Bertz CT molecular complexity index is 1170. The van der Waals surface area contributed by atoms with Crippen molar-refractivity contribution in [3.63, 3.8) is 0 Å². The van der Waals surface area contributed by atoms with E-state index in [0.717, 1.165) is 11.0 Å². The molecule has 1 aromatic heterocycles. The normalized spacial score (nSPS) is 20.9. The Balaban J connectivity index is 1.68. The van der Waals surface area contributed by atoms with Crippen molar-refractivity contribution in [2.45, 2.75) is 44.6 Å². The molecule has 1 saturated heterocycles. The molecule has 2 aromatic rings. The number of aromatic hydroxyl groups is 1. The SMILES string of the molecule is Cc1c(F)ccc(CNC(O)c2cn3c(c(O)c2=O)C(=O)N(CC(F)F)[C@@H]2COCC[C@@H]23)c1F. The molecule has 8 nitrogen and oxygen atoms in total. The van der Waals surface area contributed by atoms with Gasteiger partial charge in [0.05, 0.1) is 30.8 Å². The Morgan fingerprint density at radius 2 is 1.97 bits per heavy atom. The smallest absolute Gasteiger partial charge is 0.275 e. The van der Waals surface area contributed by atoms with Gasteiger partial charge in [-0.1, -0.05) is 6.07 Å². The quantitative estimate of drug-likeness (QED) is 0.427. The molecule has 0 saturated carbocycles. The maximum absolute atomic E-state index is 14.3. The topological polar surface area (TPSA) is 104 Å². The molecule has 4 rings (SSSR count). The highest BCUT2D eigenvalue weighted by molar-refractivity contribution is 5.96. The summed E-state index contributed by atoms with van der Waals surface area (Å²) in [4.78, 5) is 26.6. The molecule has 0 bridgehead atoms. The summed E-state index contributed by atoms with van der Waals surface area (Å²) in [6.07, 6.45) is -2.99. The van der Waals surface area contributed by atoms with Gasteiger partial charge in [-0.3, -0.25) is 14.9 Å². The summed E-state index contributed by atoms with van der Waals surface area (Å²) in [5, 5.41) is 23.7. The highest BCUT2D eigenvalue weighted by atomic mass is 19.3. The van der Waals surface area contributed by atoms with Crippen LogP contribution in [-0.4, -0.2) is 57.8 Å². The number of benzene rings is 1. The van der Waals surface area contributed by atoms with Crippen molar-refractivity contribution in [1.29, 1.82) is 0 Å². The molecule has 3 heterocycles. The van der Waals surface area contributed by atoms with E-state index in [-0.39, 0.29) is 36.4 Å². The van der Waals surface area contributed by atoms with Crippen molar-refractivity contribution >= 4 is 5.91 Å². The molecule has 184 valence electrons. The van der Waals surface area contributed by atoms with Gasteiger partial charge in [-0.2, -0.15) is 0 Å². The van der Waals surface area contributed by atoms with Crippen LogP contribution in [0.15, 0.2) is 23.1 Å². The van der Waals surface area contributed by atoms with Crippen molar-refractivity contribution in [1.82, 2.24) is 14.8 Å². The summed E-state index contributed by atoms with van der Waals surface area (Å²) in [6.45, 7) is 0.373. The van der Waals surface area contributed by atoms with Crippen LogP contribution in [0.25, 0.3) is 0 Å². The zero-order valence-electron chi connectivity index (χ0n) is 18.1.